The number of rotatable bonds is 5. The largest absolute Gasteiger partial charge is 0.356 e. The molecule has 0 amide bonds. The SMILES string of the molecule is Cc1cc(C)nc(N/N=C/c2c(C)nn(-c3ccccc3)c2N2CCCC2)n1. The van der Waals surface area contributed by atoms with Crippen molar-refractivity contribution in [2.75, 3.05) is 23.4 Å². The minimum atomic E-state index is 0.504. The van der Waals surface area contributed by atoms with Crippen molar-refractivity contribution >= 4 is 18.0 Å². The predicted molar refractivity (Wildman–Crippen MR) is 112 cm³/mol. The molecule has 4 rings (SSSR count). The van der Waals surface area contributed by atoms with E-state index in [-0.39, 0.29) is 0 Å². The summed E-state index contributed by atoms with van der Waals surface area (Å²) in [5.74, 6) is 1.60. The van der Waals surface area contributed by atoms with Gasteiger partial charge in [0.05, 0.1) is 23.2 Å². The number of anilines is 2. The lowest BCUT2D eigenvalue weighted by Gasteiger charge is -2.20. The van der Waals surface area contributed by atoms with Gasteiger partial charge in [0.2, 0.25) is 5.95 Å². The summed E-state index contributed by atoms with van der Waals surface area (Å²) in [6, 6.07) is 12.2. The van der Waals surface area contributed by atoms with E-state index < -0.39 is 0 Å². The maximum absolute atomic E-state index is 4.80. The van der Waals surface area contributed by atoms with Gasteiger partial charge in [0.25, 0.3) is 0 Å². The number of hydrazone groups is 1. The highest BCUT2D eigenvalue weighted by Crippen LogP contribution is 2.29. The summed E-state index contributed by atoms with van der Waals surface area (Å²) < 4.78 is 2.02. The van der Waals surface area contributed by atoms with Gasteiger partial charge >= 0.3 is 0 Å². The van der Waals surface area contributed by atoms with Crippen LogP contribution in [0, 0.1) is 20.8 Å². The molecule has 0 aliphatic carbocycles. The van der Waals surface area contributed by atoms with Crippen LogP contribution in [0.1, 0.15) is 35.5 Å². The Morgan fingerprint density at radius 1 is 1.00 bits per heavy atom. The Hall–Kier alpha value is -3.22. The van der Waals surface area contributed by atoms with Crippen molar-refractivity contribution in [1.29, 1.82) is 0 Å². The Labute approximate surface area is 165 Å². The van der Waals surface area contributed by atoms with Crippen LogP contribution in [-0.4, -0.2) is 39.1 Å². The van der Waals surface area contributed by atoms with Crippen LogP contribution in [0.3, 0.4) is 0 Å². The second kappa shape index (κ2) is 7.80. The molecule has 3 aromatic rings. The van der Waals surface area contributed by atoms with Crippen LogP contribution in [-0.2, 0) is 0 Å². The van der Waals surface area contributed by atoms with Crippen LogP contribution in [0.2, 0.25) is 0 Å². The molecule has 1 aliphatic heterocycles. The topological polar surface area (TPSA) is 71.2 Å². The van der Waals surface area contributed by atoms with Gasteiger partial charge in [-0.2, -0.15) is 10.2 Å². The Balaban J connectivity index is 1.68. The minimum Gasteiger partial charge on any atom is -0.356 e. The number of hydrogen-bond acceptors (Lipinski definition) is 6. The summed E-state index contributed by atoms with van der Waals surface area (Å²) in [6.45, 7) is 7.98. The Kier molecular flexibility index (Phi) is 5.06. The van der Waals surface area contributed by atoms with E-state index in [1.807, 2.05) is 55.9 Å². The van der Waals surface area contributed by atoms with E-state index in [0.717, 1.165) is 47.2 Å². The monoisotopic (exact) mass is 375 g/mol. The molecule has 1 aromatic carbocycles. The first-order valence-corrected chi connectivity index (χ1v) is 9.63. The zero-order chi connectivity index (χ0) is 19.5. The normalized spacial score (nSPS) is 14.2. The van der Waals surface area contributed by atoms with E-state index in [2.05, 4.69) is 37.5 Å². The van der Waals surface area contributed by atoms with E-state index in [9.17, 15) is 0 Å². The number of hydrogen-bond donors (Lipinski definition) is 1. The molecule has 0 saturated carbocycles. The standard InChI is InChI=1S/C21H25N7/c1-15-13-16(2)24-21(23-15)25-22-14-19-17(3)26-28(18-9-5-4-6-10-18)20(19)27-11-7-8-12-27/h4-6,9-10,13-14H,7-8,11-12H2,1-3H3,(H,23,24,25)/b22-14+. The third kappa shape index (κ3) is 3.74. The van der Waals surface area contributed by atoms with Crippen molar-refractivity contribution in [3.63, 3.8) is 0 Å². The molecule has 144 valence electrons. The lowest BCUT2D eigenvalue weighted by molar-refractivity contribution is 0.815. The zero-order valence-corrected chi connectivity index (χ0v) is 16.6. The second-order valence-electron chi connectivity index (χ2n) is 7.11. The highest BCUT2D eigenvalue weighted by atomic mass is 15.4. The zero-order valence-electron chi connectivity index (χ0n) is 16.6. The molecule has 1 saturated heterocycles. The molecular formula is C21H25N7. The number of aromatic nitrogens is 4. The quantitative estimate of drug-likeness (QED) is 0.545. The smallest absolute Gasteiger partial charge is 0.243 e. The van der Waals surface area contributed by atoms with E-state index in [1.54, 1.807) is 0 Å². The average Bonchev–Trinajstić information content (AvgIpc) is 3.30. The van der Waals surface area contributed by atoms with Crippen molar-refractivity contribution in [1.82, 2.24) is 19.7 Å². The number of aryl methyl sites for hydroxylation is 3. The predicted octanol–water partition coefficient (Wildman–Crippen LogP) is 3.63. The van der Waals surface area contributed by atoms with Crippen LogP contribution >= 0.6 is 0 Å². The molecule has 1 aliphatic rings. The summed E-state index contributed by atoms with van der Waals surface area (Å²) in [7, 11) is 0. The van der Waals surface area contributed by atoms with Crippen LogP contribution in [0.25, 0.3) is 5.69 Å². The molecule has 28 heavy (non-hydrogen) atoms. The fraction of sp³-hybridized carbons (Fsp3) is 0.333. The third-order valence-electron chi connectivity index (χ3n) is 4.83. The molecule has 7 heteroatoms. The average molecular weight is 375 g/mol. The molecular weight excluding hydrogens is 350 g/mol. The molecule has 0 atom stereocenters. The summed E-state index contributed by atoms with van der Waals surface area (Å²) in [5, 5.41) is 9.22. The van der Waals surface area contributed by atoms with Crippen LogP contribution < -0.4 is 10.3 Å². The Morgan fingerprint density at radius 2 is 1.68 bits per heavy atom. The lowest BCUT2D eigenvalue weighted by atomic mass is 10.2. The van der Waals surface area contributed by atoms with E-state index in [0.29, 0.717) is 5.95 Å². The van der Waals surface area contributed by atoms with Gasteiger partial charge in [0, 0.05) is 24.5 Å². The maximum Gasteiger partial charge on any atom is 0.243 e. The first kappa shape index (κ1) is 18.2. The molecule has 2 aromatic heterocycles. The van der Waals surface area contributed by atoms with Crippen molar-refractivity contribution in [3.8, 4) is 5.69 Å². The molecule has 0 spiro atoms. The summed E-state index contributed by atoms with van der Waals surface area (Å²) in [5.41, 5.74) is 7.80. The van der Waals surface area contributed by atoms with Gasteiger partial charge in [-0.1, -0.05) is 18.2 Å². The highest BCUT2D eigenvalue weighted by Gasteiger charge is 2.23. The number of para-hydroxylation sites is 1. The number of benzene rings is 1. The van der Waals surface area contributed by atoms with Gasteiger partial charge in [-0.25, -0.2) is 20.1 Å². The lowest BCUT2D eigenvalue weighted by Crippen LogP contribution is -2.22. The molecule has 0 bridgehead atoms. The van der Waals surface area contributed by atoms with Gasteiger partial charge < -0.3 is 4.90 Å². The fourth-order valence-corrected chi connectivity index (χ4v) is 3.59. The first-order chi connectivity index (χ1) is 13.6. The molecule has 0 unspecified atom stereocenters. The van der Waals surface area contributed by atoms with Crippen molar-refractivity contribution in [3.05, 3.63) is 59.0 Å². The first-order valence-electron chi connectivity index (χ1n) is 9.63. The van der Waals surface area contributed by atoms with Crippen LogP contribution in [0.5, 0.6) is 0 Å². The minimum absolute atomic E-state index is 0.504. The van der Waals surface area contributed by atoms with Gasteiger partial charge in [-0.05, 0) is 51.8 Å². The van der Waals surface area contributed by atoms with E-state index in [4.69, 9.17) is 5.10 Å². The van der Waals surface area contributed by atoms with Crippen LogP contribution in [0.15, 0.2) is 41.5 Å². The Bertz CT molecular complexity index is 965. The van der Waals surface area contributed by atoms with Gasteiger partial charge in [-0.3, -0.25) is 0 Å². The summed E-state index contributed by atoms with van der Waals surface area (Å²) >= 11 is 0. The van der Waals surface area contributed by atoms with E-state index in [1.165, 1.54) is 12.8 Å². The molecule has 7 nitrogen and oxygen atoms in total. The third-order valence-corrected chi connectivity index (χ3v) is 4.83. The molecule has 3 heterocycles. The highest BCUT2D eigenvalue weighted by molar-refractivity contribution is 5.89. The number of nitrogens with zero attached hydrogens (tertiary/aromatic N) is 6. The van der Waals surface area contributed by atoms with Gasteiger partial charge in [0.15, 0.2) is 0 Å². The molecule has 1 fully saturated rings. The number of nitrogens with one attached hydrogen (secondary N) is 1. The molecule has 0 radical (unpaired) electrons. The Morgan fingerprint density at radius 3 is 2.36 bits per heavy atom. The van der Waals surface area contributed by atoms with Gasteiger partial charge in [0.1, 0.15) is 5.82 Å². The van der Waals surface area contributed by atoms with Crippen molar-refractivity contribution < 1.29 is 0 Å². The second-order valence-corrected chi connectivity index (χ2v) is 7.11. The molecule has 1 N–H and O–H groups in total. The van der Waals surface area contributed by atoms with Crippen molar-refractivity contribution in [2.45, 2.75) is 33.6 Å². The van der Waals surface area contributed by atoms with Gasteiger partial charge in [-0.15, -0.1) is 0 Å². The van der Waals surface area contributed by atoms with Crippen LogP contribution in [0.4, 0.5) is 11.8 Å². The maximum atomic E-state index is 4.80. The fourth-order valence-electron chi connectivity index (χ4n) is 3.59. The van der Waals surface area contributed by atoms with E-state index >= 15 is 0 Å². The summed E-state index contributed by atoms with van der Waals surface area (Å²) in [4.78, 5) is 11.1. The summed E-state index contributed by atoms with van der Waals surface area (Å²) in [6.07, 6.45) is 4.23. The van der Waals surface area contributed by atoms with Crippen molar-refractivity contribution in [2.24, 2.45) is 5.10 Å².